The number of ether oxygens (including phenoxy) is 1. The lowest BCUT2D eigenvalue weighted by atomic mass is 9.83. The van der Waals surface area contributed by atoms with Gasteiger partial charge in [0.25, 0.3) is 15.9 Å². The number of piperidine rings is 1. The van der Waals surface area contributed by atoms with Crippen molar-refractivity contribution in [2.24, 2.45) is 0 Å². The summed E-state index contributed by atoms with van der Waals surface area (Å²) in [6.07, 6.45) is 2.33. The number of carbonyl (C=O) groups is 1. The lowest BCUT2D eigenvalue weighted by Crippen LogP contribution is -2.45. The predicted molar refractivity (Wildman–Crippen MR) is 141 cm³/mol. The van der Waals surface area contributed by atoms with Gasteiger partial charge < -0.3 is 14.7 Å². The van der Waals surface area contributed by atoms with E-state index in [4.69, 9.17) is 4.74 Å². The molecule has 2 N–H and O–H groups in total. The van der Waals surface area contributed by atoms with Gasteiger partial charge in [-0.1, -0.05) is 36.4 Å². The van der Waals surface area contributed by atoms with Crippen molar-refractivity contribution in [1.82, 2.24) is 9.88 Å². The quantitative estimate of drug-likeness (QED) is 0.397. The summed E-state index contributed by atoms with van der Waals surface area (Å²) in [6, 6.07) is 22.3. The van der Waals surface area contributed by atoms with Crippen molar-refractivity contribution in [3.63, 3.8) is 0 Å². The van der Waals surface area contributed by atoms with Crippen LogP contribution in [0.5, 0.6) is 5.75 Å². The van der Waals surface area contributed by atoms with Crippen LogP contribution in [0.15, 0.2) is 90.0 Å². The molecule has 9 heteroatoms. The van der Waals surface area contributed by atoms with Gasteiger partial charge in [0.05, 0.1) is 18.2 Å². The van der Waals surface area contributed by atoms with Crippen molar-refractivity contribution in [3.8, 4) is 5.75 Å². The fraction of sp³-hybridized carbons (Fsp3) is 0.214. The summed E-state index contributed by atoms with van der Waals surface area (Å²) in [5.41, 5.74) is 0.832. The minimum atomic E-state index is -3.88. The topological polar surface area (TPSA) is 109 Å². The molecule has 0 aliphatic carbocycles. The molecule has 1 saturated heterocycles. The highest BCUT2D eigenvalue weighted by atomic mass is 32.2. The standard InChI is InChI=1S/C28H27N3O5S/c1-36-24-9-3-2-8-23(24)28(33)15-18-31(19-16-28)27(32)21-11-13-22(14-12-21)30-37(34,35)25-10-4-6-20-7-5-17-29-26(20)25/h2-14,17,30,33H,15-16,18-19H2,1H3. The third kappa shape index (κ3) is 4.87. The average molecular weight is 518 g/mol. The van der Waals surface area contributed by atoms with Gasteiger partial charge in [0.15, 0.2) is 0 Å². The Balaban J connectivity index is 1.27. The molecular formula is C28H27N3O5S. The Hall–Kier alpha value is -3.95. The molecular weight excluding hydrogens is 490 g/mol. The maximum Gasteiger partial charge on any atom is 0.264 e. The van der Waals surface area contributed by atoms with Crippen LogP contribution in [0.1, 0.15) is 28.8 Å². The van der Waals surface area contributed by atoms with E-state index in [1.165, 1.54) is 6.07 Å². The Morgan fingerprint density at radius 1 is 0.973 bits per heavy atom. The van der Waals surface area contributed by atoms with E-state index < -0.39 is 15.6 Å². The molecule has 190 valence electrons. The molecule has 8 nitrogen and oxygen atoms in total. The molecule has 0 radical (unpaired) electrons. The zero-order valence-electron chi connectivity index (χ0n) is 20.3. The molecule has 0 atom stereocenters. The van der Waals surface area contributed by atoms with Crippen molar-refractivity contribution >= 4 is 32.5 Å². The maximum atomic E-state index is 13.1. The number of aliphatic hydroxyl groups is 1. The van der Waals surface area contributed by atoms with Gasteiger partial charge in [0, 0.05) is 41.5 Å². The van der Waals surface area contributed by atoms with E-state index in [1.807, 2.05) is 24.3 Å². The fourth-order valence-electron chi connectivity index (χ4n) is 4.74. The van der Waals surface area contributed by atoms with Gasteiger partial charge in [-0.2, -0.15) is 0 Å². The van der Waals surface area contributed by atoms with Crippen LogP contribution in [0.4, 0.5) is 5.69 Å². The molecule has 3 aromatic carbocycles. The van der Waals surface area contributed by atoms with Crippen LogP contribution >= 0.6 is 0 Å². The summed E-state index contributed by atoms with van der Waals surface area (Å²) in [7, 11) is -2.31. The van der Waals surface area contributed by atoms with Gasteiger partial charge in [-0.05, 0) is 55.3 Å². The number of nitrogens with zero attached hydrogens (tertiary/aromatic N) is 2. The third-order valence-corrected chi connectivity index (χ3v) is 8.17. The zero-order chi connectivity index (χ0) is 26.0. The van der Waals surface area contributed by atoms with Crippen molar-refractivity contribution in [1.29, 1.82) is 0 Å². The normalized spacial score (nSPS) is 15.4. The highest BCUT2D eigenvalue weighted by Crippen LogP contribution is 2.38. The average Bonchev–Trinajstić information content (AvgIpc) is 2.93. The molecule has 1 aromatic heterocycles. The summed E-state index contributed by atoms with van der Waals surface area (Å²) in [6.45, 7) is 0.770. The number of benzene rings is 3. The zero-order valence-corrected chi connectivity index (χ0v) is 21.1. The van der Waals surface area contributed by atoms with E-state index in [1.54, 1.807) is 66.7 Å². The Morgan fingerprint density at radius 2 is 1.68 bits per heavy atom. The summed E-state index contributed by atoms with van der Waals surface area (Å²) < 4.78 is 34.1. The first-order valence-electron chi connectivity index (χ1n) is 11.9. The number of pyridine rings is 1. The molecule has 5 rings (SSSR count). The van der Waals surface area contributed by atoms with E-state index in [9.17, 15) is 18.3 Å². The molecule has 2 heterocycles. The fourth-order valence-corrected chi connectivity index (χ4v) is 5.98. The van der Waals surface area contributed by atoms with Crippen LogP contribution in [-0.4, -0.2) is 49.5 Å². The summed E-state index contributed by atoms with van der Waals surface area (Å²) in [4.78, 5) is 19.1. The smallest absolute Gasteiger partial charge is 0.264 e. The number of carbonyl (C=O) groups excluding carboxylic acids is 1. The van der Waals surface area contributed by atoms with Crippen molar-refractivity contribution in [3.05, 3.63) is 96.2 Å². The first-order chi connectivity index (χ1) is 17.8. The van der Waals surface area contributed by atoms with E-state index in [0.29, 0.717) is 48.4 Å². The number of hydrogen-bond acceptors (Lipinski definition) is 6. The SMILES string of the molecule is COc1ccccc1C1(O)CCN(C(=O)c2ccc(NS(=O)(=O)c3cccc4cccnc34)cc2)CC1. The van der Waals surface area contributed by atoms with Gasteiger partial charge >= 0.3 is 0 Å². The van der Waals surface area contributed by atoms with Gasteiger partial charge in [-0.15, -0.1) is 0 Å². The summed E-state index contributed by atoms with van der Waals surface area (Å²) >= 11 is 0. The monoisotopic (exact) mass is 517 g/mol. The molecule has 1 aliphatic heterocycles. The number of likely N-dealkylation sites (tertiary alicyclic amines) is 1. The number of methoxy groups -OCH3 is 1. The van der Waals surface area contributed by atoms with E-state index in [2.05, 4.69) is 9.71 Å². The number of hydrogen-bond donors (Lipinski definition) is 2. The molecule has 4 aromatic rings. The van der Waals surface area contributed by atoms with Crippen molar-refractivity contribution in [2.75, 3.05) is 24.9 Å². The van der Waals surface area contributed by atoms with Crippen LogP contribution in [0.25, 0.3) is 10.9 Å². The van der Waals surface area contributed by atoms with Crippen LogP contribution in [-0.2, 0) is 15.6 Å². The Labute approximate surface area is 215 Å². The molecule has 0 spiro atoms. The predicted octanol–water partition coefficient (Wildman–Crippen LogP) is 4.17. The minimum absolute atomic E-state index is 0.0848. The summed E-state index contributed by atoms with van der Waals surface area (Å²) in [5, 5.41) is 12.0. The molecule has 37 heavy (non-hydrogen) atoms. The second-order valence-corrected chi connectivity index (χ2v) is 10.7. The second kappa shape index (κ2) is 9.84. The number of nitrogens with one attached hydrogen (secondary N) is 1. The van der Waals surface area contributed by atoms with Gasteiger partial charge in [-0.25, -0.2) is 8.42 Å². The van der Waals surface area contributed by atoms with E-state index >= 15 is 0 Å². The number of rotatable bonds is 6. The second-order valence-electron chi connectivity index (χ2n) is 9.04. The Kier molecular flexibility index (Phi) is 6.57. The van der Waals surface area contributed by atoms with Crippen LogP contribution in [0, 0.1) is 0 Å². The van der Waals surface area contributed by atoms with Gasteiger partial charge in [0.2, 0.25) is 0 Å². The Bertz CT molecular complexity index is 1540. The largest absolute Gasteiger partial charge is 0.496 e. The number of para-hydroxylation sites is 2. The highest BCUT2D eigenvalue weighted by Gasteiger charge is 2.37. The molecule has 0 saturated carbocycles. The number of fused-ring (bicyclic) bond motifs is 1. The minimum Gasteiger partial charge on any atom is -0.496 e. The molecule has 0 bridgehead atoms. The van der Waals surface area contributed by atoms with Gasteiger partial charge in [-0.3, -0.25) is 14.5 Å². The molecule has 1 fully saturated rings. The lowest BCUT2D eigenvalue weighted by molar-refractivity contribution is -0.0226. The number of anilines is 1. The van der Waals surface area contributed by atoms with Crippen LogP contribution in [0.2, 0.25) is 0 Å². The Morgan fingerprint density at radius 3 is 2.41 bits per heavy atom. The lowest BCUT2D eigenvalue weighted by Gasteiger charge is -2.39. The van der Waals surface area contributed by atoms with E-state index in [0.717, 1.165) is 10.9 Å². The van der Waals surface area contributed by atoms with E-state index in [-0.39, 0.29) is 10.8 Å². The first kappa shape index (κ1) is 24.7. The van der Waals surface area contributed by atoms with Crippen LogP contribution in [0.3, 0.4) is 0 Å². The maximum absolute atomic E-state index is 13.1. The van der Waals surface area contributed by atoms with Crippen molar-refractivity contribution < 1.29 is 23.1 Å². The van der Waals surface area contributed by atoms with Crippen molar-refractivity contribution in [2.45, 2.75) is 23.3 Å². The molecule has 1 amide bonds. The first-order valence-corrected chi connectivity index (χ1v) is 13.4. The molecule has 1 aliphatic rings. The highest BCUT2D eigenvalue weighted by molar-refractivity contribution is 7.93. The van der Waals surface area contributed by atoms with Gasteiger partial charge in [0.1, 0.15) is 10.6 Å². The number of sulfonamides is 1. The molecule has 0 unspecified atom stereocenters. The number of aromatic nitrogens is 1. The number of amides is 1. The van der Waals surface area contributed by atoms with Crippen LogP contribution < -0.4 is 9.46 Å². The summed E-state index contributed by atoms with van der Waals surface area (Å²) in [5.74, 6) is 0.455. The third-order valence-electron chi connectivity index (χ3n) is 6.76.